The molecule has 3 heteroatoms. The van der Waals surface area contributed by atoms with Crippen molar-refractivity contribution in [2.45, 2.75) is 0 Å². The molecule has 2 nitrogen and oxygen atoms in total. The van der Waals surface area contributed by atoms with E-state index in [4.69, 9.17) is 0 Å². The Kier molecular flexibility index (Phi) is 1.87. The van der Waals surface area contributed by atoms with Crippen LogP contribution in [0.15, 0.2) is 53.0 Å². The van der Waals surface area contributed by atoms with Crippen LogP contribution in [0.4, 0.5) is 0 Å². The molecule has 3 aromatic rings. The van der Waals surface area contributed by atoms with Crippen molar-refractivity contribution in [1.82, 2.24) is 4.57 Å². The van der Waals surface area contributed by atoms with E-state index in [0.717, 1.165) is 32.3 Å². The second kappa shape index (κ2) is 3.33. The third-order valence-corrected chi connectivity index (χ3v) is 3.88. The molecular formula is C15H8BrNO. The summed E-state index contributed by atoms with van der Waals surface area (Å²) in [6.07, 6.45) is 0. The molecule has 0 aliphatic carbocycles. The number of hydrogen-bond acceptors (Lipinski definition) is 1. The Balaban J connectivity index is 2.17. The molecule has 0 N–H and O–H groups in total. The van der Waals surface area contributed by atoms with Crippen LogP contribution in [0.1, 0.15) is 16.1 Å². The maximum atomic E-state index is 12.3. The molecule has 0 atom stereocenters. The molecule has 0 unspecified atom stereocenters. The van der Waals surface area contributed by atoms with Gasteiger partial charge in [-0.3, -0.25) is 4.79 Å². The minimum absolute atomic E-state index is 0.109. The van der Waals surface area contributed by atoms with Crippen LogP contribution in [0, 0.1) is 0 Å². The number of ketones is 1. The van der Waals surface area contributed by atoms with Gasteiger partial charge in [-0.2, -0.15) is 0 Å². The Morgan fingerprint density at radius 1 is 1.00 bits per heavy atom. The van der Waals surface area contributed by atoms with Crippen LogP contribution in [-0.4, -0.2) is 10.4 Å². The second-order valence-corrected chi connectivity index (χ2v) is 5.33. The number of carbonyl (C=O) groups is 1. The van der Waals surface area contributed by atoms with E-state index in [1.165, 1.54) is 0 Å². The molecule has 2 aromatic carbocycles. The van der Waals surface area contributed by atoms with Gasteiger partial charge in [0.25, 0.3) is 0 Å². The van der Waals surface area contributed by atoms with Crippen LogP contribution in [0.3, 0.4) is 0 Å². The van der Waals surface area contributed by atoms with Crippen molar-refractivity contribution >= 4 is 32.6 Å². The summed E-state index contributed by atoms with van der Waals surface area (Å²) in [6.45, 7) is 0. The molecule has 4 rings (SSSR count). The molecule has 86 valence electrons. The summed E-state index contributed by atoms with van der Waals surface area (Å²) in [6, 6.07) is 15.8. The molecule has 1 aliphatic heterocycles. The summed E-state index contributed by atoms with van der Waals surface area (Å²) in [5, 5.41) is 1.09. The SMILES string of the molecule is O=C1c2ccccc2-n2c1cc1cc(Br)ccc12. The highest BCUT2D eigenvalue weighted by molar-refractivity contribution is 9.10. The molecule has 0 radical (unpaired) electrons. The highest BCUT2D eigenvalue weighted by Crippen LogP contribution is 2.34. The summed E-state index contributed by atoms with van der Waals surface area (Å²) in [4.78, 5) is 12.3. The standard InChI is InChI=1S/C15H8BrNO/c16-10-5-6-12-9(7-10)8-14-15(18)11-3-1-2-4-13(11)17(12)14/h1-8H. The van der Waals surface area contributed by atoms with Gasteiger partial charge in [0.15, 0.2) is 0 Å². The van der Waals surface area contributed by atoms with Crippen molar-refractivity contribution in [1.29, 1.82) is 0 Å². The van der Waals surface area contributed by atoms with Gasteiger partial charge in [-0.05, 0) is 36.4 Å². The van der Waals surface area contributed by atoms with Gasteiger partial charge in [0.1, 0.15) is 0 Å². The number of carbonyl (C=O) groups excluding carboxylic acids is 1. The molecule has 18 heavy (non-hydrogen) atoms. The molecule has 1 aromatic heterocycles. The molecule has 1 aliphatic rings. The Morgan fingerprint density at radius 3 is 2.72 bits per heavy atom. The quantitative estimate of drug-likeness (QED) is 0.482. The van der Waals surface area contributed by atoms with Crippen LogP contribution >= 0.6 is 15.9 Å². The zero-order chi connectivity index (χ0) is 12.3. The van der Waals surface area contributed by atoms with E-state index in [1.807, 2.05) is 53.1 Å². The average molecular weight is 298 g/mol. The number of halogens is 1. The zero-order valence-corrected chi connectivity index (χ0v) is 10.9. The minimum atomic E-state index is 0.109. The number of fused-ring (bicyclic) bond motifs is 5. The second-order valence-electron chi connectivity index (χ2n) is 4.41. The van der Waals surface area contributed by atoms with Crippen LogP contribution in [0.2, 0.25) is 0 Å². The highest BCUT2D eigenvalue weighted by atomic mass is 79.9. The smallest absolute Gasteiger partial charge is 0.211 e. The molecular weight excluding hydrogens is 290 g/mol. The first-order chi connectivity index (χ1) is 8.75. The molecule has 0 bridgehead atoms. The van der Waals surface area contributed by atoms with E-state index >= 15 is 0 Å². The molecule has 0 saturated carbocycles. The summed E-state index contributed by atoms with van der Waals surface area (Å²) in [5.74, 6) is 0.109. The lowest BCUT2D eigenvalue weighted by molar-refractivity contribution is 0.104. The number of hydrogen-bond donors (Lipinski definition) is 0. The highest BCUT2D eigenvalue weighted by Gasteiger charge is 2.27. The fourth-order valence-electron chi connectivity index (χ4n) is 2.61. The van der Waals surface area contributed by atoms with Crippen LogP contribution in [0.5, 0.6) is 0 Å². The van der Waals surface area contributed by atoms with E-state index in [2.05, 4.69) is 15.9 Å². The lowest BCUT2D eigenvalue weighted by Crippen LogP contribution is -1.94. The Morgan fingerprint density at radius 2 is 1.83 bits per heavy atom. The van der Waals surface area contributed by atoms with Crippen molar-refractivity contribution < 1.29 is 4.79 Å². The normalized spacial score (nSPS) is 12.8. The van der Waals surface area contributed by atoms with Crippen LogP contribution in [0.25, 0.3) is 16.6 Å². The maximum Gasteiger partial charge on any atom is 0.211 e. The summed E-state index contributed by atoms with van der Waals surface area (Å²) in [5.41, 5.74) is 3.60. The van der Waals surface area contributed by atoms with Gasteiger partial charge in [-0.15, -0.1) is 0 Å². The van der Waals surface area contributed by atoms with Gasteiger partial charge < -0.3 is 4.57 Å². The van der Waals surface area contributed by atoms with E-state index < -0.39 is 0 Å². The number of benzene rings is 2. The maximum absolute atomic E-state index is 12.3. The van der Waals surface area contributed by atoms with Crippen molar-refractivity contribution in [2.24, 2.45) is 0 Å². The number of aromatic nitrogens is 1. The average Bonchev–Trinajstić information content (AvgIpc) is 2.87. The van der Waals surface area contributed by atoms with Gasteiger partial charge in [-0.1, -0.05) is 28.1 Å². The van der Waals surface area contributed by atoms with Crippen molar-refractivity contribution in [3.63, 3.8) is 0 Å². The first kappa shape index (κ1) is 10.1. The van der Waals surface area contributed by atoms with Gasteiger partial charge in [0.05, 0.1) is 16.9 Å². The predicted octanol–water partition coefficient (Wildman–Crippen LogP) is 3.94. The number of para-hydroxylation sites is 1. The van der Waals surface area contributed by atoms with E-state index in [0.29, 0.717) is 0 Å². The van der Waals surface area contributed by atoms with Gasteiger partial charge in [-0.25, -0.2) is 0 Å². The molecule has 2 heterocycles. The van der Waals surface area contributed by atoms with E-state index in [9.17, 15) is 4.79 Å². The summed E-state index contributed by atoms with van der Waals surface area (Å²) < 4.78 is 3.07. The van der Waals surface area contributed by atoms with Crippen molar-refractivity contribution in [2.75, 3.05) is 0 Å². The van der Waals surface area contributed by atoms with Crippen LogP contribution < -0.4 is 0 Å². The predicted molar refractivity (Wildman–Crippen MR) is 74.4 cm³/mol. The van der Waals surface area contributed by atoms with E-state index in [1.54, 1.807) is 0 Å². The monoisotopic (exact) mass is 297 g/mol. The van der Waals surface area contributed by atoms with Gasteiger partial charge in [0, 0.05) is 15.4 Å². The molecule has 0 saturated heterocycles. The Labute approximate surface area is 112 Å². The fourth-order valence-corrected chi connectivity index (χ4v) is 2.99. The zero-order valence-electron chi connectivity index (χ0n) is 9.35. The van der Waals surface area contributed by atoms with E-state index in [-0.39, 0.29) is 5.78 Å². The lowest BCUT2D eigenvalue weighted by atomic mass is 10.1. The fraction of sp³-hybridized carbons (Fsp3) is 0. The Hall–Kier alpha value is -1.87. The largest absolute Gasteiger partial charge is 0.305 e. The first-order valence-electron chi connectivity index (χ1n) is 5.71. The Bertz CT molecular complexity index is 816. The van der Waals surface area contributed by atoms with Gasteiger partial charge >= 0.3 is 0 Å². The minimum Gasteiger partial charge on any atom is -0.305 e. The third kappa shape index (κ3) is 1.14. The summed E-state index contributed by atoms with van der Waals surface area (Å²) in [7, 11) is 0. The number of rotatable bonds is 0. The molecule has 0 fully saturated rings. The van der Waals surface area contributed by atoms with Crippen LogP contribution in [-0.2, 0) is 0 Å². The topological polar surface area (TPSA) is 22.0 Å². The third-order valence-electron chi connectivity index (χ3n) is 3.39. The van der Waals surface area contributed by atoms with Crippen molar-refractivity contribution in [3.8, 4) is 5.69 Å². The van der Waals surface area contributed by atoms with Crippen molar-refractivity contribution in [3.05, 3.63) is 64.3 Å². The number of nitrogens with zero attached hydrogens (tertiary/aromatic N) is 1. The summed E-state index contributed by atoms with van der Waals surface area (Å²) >= 11 is 3.46. The van der Waals surface area contributed by atoms with Gasteiger partial charge in [0.2, 0.25) is 5.78 Å². The first-order valence-corrected chi connectivity index (χ1v) is 6.50. The molecule has 0 amide bonds. The molecule has 0 spiro atoms. The lowest BCUT2D eigenvalue weighted by Gasteiger charge is -2.03.